The fourth-order valence-corrected chi connectivity index (χ4v) is 2.75. The monoisotopic (exact) mass is 347 g/mol. The predicted molar refractivity (Wildman–Crippen MR) is 91.9 cm³/mol. The molecule has 0 spiro atoms. The lowest BCUT2D eigenvalue weighted by atomic mass is 10.1. The van der Waals surface area contributed by atoms with Crippen LogP contribution in [0.3, 0.4) is 0 Å². The van der Waals surface area contributed by atoms with Crippen LogP contribution in [-0.2, 0) is 0 Å². The smallest absolute Gasteiger partial charge is 0.136 e. The molecule has 112 valence electrons. The van der Waals surface area contributed by atoms with Crippen LogP contribution in [-0.4, -0.2) is 13.1 Å². The molecule has 21 heavy (non-hydrogen) atoms. The van der Waals surface area contributed by atoms with E-state index in [0.717, 1.165) is 29.7 Å². The number of ether oxygens (including phenoxy) is 1. The first-order valence-electron chi connectivity index (χ1n) is 7.39. The van der Waals surface area contributed by atoms with Crippen LogP contribution in [0.2, 0.25) is 0 Å². The molecule has 0 saturated carbocycles. The molecule has 0 bridgehead atoms. The highest BCUT2D eigenvalue weighted by atomic mass is 79.9. The van der Waals surface area contributed by atoms with Crippen molar-refractivity contribution in [3.63, 3.8) is 0 Å². The summed E-state index contributed by atoms with van der Waals surface area (Å²) < 4.78 is 7.22. The summed E-state index contributed by atoms with van der Waals surface area (Å²) in [5, 5.41) is 3.44. The summed E-state index contributed by atoms with van der Waals surface area (Å²) in [5.74, 6) is 0.882. The van der Waals surface area contributed by atoms with Crippen LogP contribution in [0.5, 0.6) is 5.75 Å². The third-order valence-electron chi connectivity index (χ3n) is 3.28. The van der Waals surface area contributed by atoms with Gasteiger partial charge in [-0.1, -0.05) is 43.3 Å². The Balaban J connectivity index is 2.15. The molecule has 0 amide bonds. The highest BCUT2D eigenvalue weighted by Crippen LogP contribution is 2.30. The molecule has 1 atom stereocenters. The molecule has 2 aromatic rings. The van der Waals surface area contributed by atoms with Gasteiger partial charge in [0.15, 0.2) is 0 Å². The minimum atomic E-state index is 0.0109. The Kier molecular flexibility index (Phi) is 6.27. The van der Waals surface area contributed by atoms with Crippen LogP contribution in [0, 0.1) is 6.92 Å². The molecule has 0 aliphatic rings. The number of aryl methyl sites for hydroxylation is 1. The number of hydrogen-bond donors (Lipinski definition) is 1. The minimum Gasteiger partial charge on any atom is -0.483 e. The van der Waals surface area contributed by atoms with Crippen molar-refractivity contribution in [1.82, 2.24) is 5.32 Å². The van der Waals surface area contributed by atoms with Crippen molar-refractivity contribution in [2.24, 2.45) is 0 Å². The zero-order valence-corrected chi connectivity index (χ0v) is 14.2. The third kappa shape index (κ3) is 4.87. The highest BCUT2D eigenvalue weighted by molar-refractivity contribution is 9.10. The molecule has 0 heterocycles. The first-order valence-corrected chi connectivity index (χ1v) is 8.18. The van der Waals surface area contributed by atoms with E-state index >= 15 is 0 Å². The maximum absolute atomic E-state index is 6.22. The van der Waals surface area contributed by atoms with Gasteiger partial charge in [0.25, 0.3) is 0 Å². The van der Waals surface area contributed by atoms with Gasteiger partial charge >= 0.3 is 0 Å². The molecule has 0 fully saturated rings. The van der Waals surface area contributed by atoms with Crippen LogP contribution in [0.1, 0.15) is 30.6 Å². The van der Waals surface area contributed by atoms with Gasteiger partial charge in [0.05, 0.1) is 4.47 Å². The Hall–Kier alpha value is -1.32. The van der Waals surface area contributed by atoms with Gasteiger partial charge in [-0.15, -0.1) is 0 Å². The number of halogens is 1. The molecule has 1 unspecified atom stereocenters. The first-order chi connectivity index (χ1) is 10.2. The van der Waals surface area contributed by atoms with Crippen LogP contribution < -0.4 is 10.1 Å². The van der Waals surface area contributed by atoms with E-state index in [0.29, 0.717) is 0 Å². The SMILES string of the molecule is CCCNCC(Oc1ccc(C)cc1Br)c1ccccc1. The van der Waals surface area contributed by atoms with E-state index in [4.69, 9.17) is 4.74 Å². The molecular formula is C18H22BrNO. The standard InChI is InChI=1S/C18H22BrNO/c1-3-11-20-13-18(15-7-5-4-6-8-15)21-17-10-9-14(2)12-16(17)19/h4-10,12,18,20H,3,11,13H2,1-2H3. The Labute approximate surface area is 135 Å². The molecule has 2 nitrogen and oxygen atoms in total. The van der Waals surface area contributed by atoms with E-state index in [1.165, 1.54) is 11.1 Å². The van der Waals surface area contributed by atoms with E-state index < -0.39 is 0 Å². The number of nitrogens with one attached hydrogen (secondary N) is 1. The number of benzene rings is 2. The maximum Gasteiger partial charge on any atom is 0.136 e. The van der Waals surface area contributed by atoms with Crippen molar-refractivity contribution in [2.45, 2.75) is 26.4 Å². The zero-order valence-electron chi connectivity index (χ0n) is 12.6. The second-order valence-electron chi connectivity index (χ2n) is 5.16. The highest BCUT2D eigenvalue weighted by Gasteiger charge is 2.14. The fraction of sp³-hybridized carbons (Fsp3) is 0.333. The van der Waals surface area contributed by atoms with E-state index in [-0.39, 0.29) is 6.10 Å². The Morgan fingerprint density at radius 3 is 2.57 bits per heavy atom. The van der Waals surface area contributed by atoms with Crippen LogP contribution in [0.4, 0.5) is 0 Å². The lowest BCUT2D eigenvalue weighted by Crippen LogP contribution is -2.25. The van der Waals surface area contributed by atoms with Crippen molar-refractivity contribution in [3.8, 4) is 5.75 Å². The Bertz CT molecular complexity index is 556. The molecule has 0 saturated heterocycles. The number of hydrogen-bond acceptors (Lipinski definition) is 2. The Morgan fingerprint density at radius 1 is 1.14 bits per heavy atom. The molecule has 0 aliphatic heterocycles. The van der Waals surface area contributed by atoms with Gasteiger partial charge in [-0.05, 0) is 59.1 Å². The predicted octanol–water partition coefficient (Wildman–Crippen LogP) is 4.88. The topological polar surface area (TPSA) is 21.3 Å². The van der Waals surface area contributed by atoms with Gasteiger partial charge in [-0.25, -0.2) is 0 Å². The summed E-state index contributed by atoms with van der Waals surface area (Å²) in [7, 11) is 0. The largest absolute Gasteiger partial charge is 0.483 e. The van der Waals surface area contributed by atoms with E-state index in [1.807, 2.05) is 12.1 Å². The van der Waals surface area contributed by atoms with Gasteiger partial charge in [-0.3, -0.25) is 0 Å². The van der Waals surface area contributed by atoms with E-state index in [1.54, 1.807) is 0 Å². The average molecular weight is 348 g/mol. The van der Waals surface area contributed by atoms with Crippen LogP contribution in [0.25, 0.3) is 0 Å². The summed E-state index contributed by atoms with van der Waals surface area (Å²) in [5.41, 5.74) is 2.41. The third-order valence-corrected chi connectivity index (χ3v) is 3.90. The molecule has 0 aliphatic carbocycles. The molecular weight excluding hydrogens is 326 g/mol. The summed E-state index contributed by atoms with van der Waals surface area (Å²) in [4.78, 5) is 0. The lowest BCUT2D eigenvalue weighted by Gasteiger charge is -2.21. The van der Waals surface area contributed by atoms with Crippen molar-refractivity contribution in [1.29, 1.82) is 0 Å². The van der Waals surface area contributed by atoms with Crippen molar-refractivity contribution in [2.75, 3.05) is 13.1 Å². The molecule has 2 rings (SSSR count). The lowest BCUT2D eigenvalue weighted by molar-refractivity contribution is 0.200. The van der Waals surface area contributed by atoms with Crippen LogP contribution >= 0.6 is 15.9 Å². The van der Waals surface area contributed by atoms with Crippen molar-refractivity contribution < 1.29 is 4.74 Å². The van der Waals surface area contributed by atoms with Gasteiger partial charge in [0.2, 0.25) is 0 Å². The summed E-state index contributed by atoms with van der Waals surface area (Å²) >= 11 is 3.58. The fourth-order valence-electron chi connectivity index (χ4n) is 2.16. The van der Waals surface area contributed by atoms with Gasteiger partial charge < -0.3 is 10.1 Å². The molecule has 0 aromatic heterocycles. The second kappa shape index (κ2) is 8.20. The molecule has 2 aromatic carbocycles. The summed E-state index contributed by atoms with van der Waals surface area (Å²) in [6.45, 7) is 6.05. The normalized spacial score (nSPS) is 12.1. The molecule has 1 N–H and O–H groups in total. The second-order valence-corrected chi connectivity index (χ2v) is 6.01. The quantitative estimate of drug-likeness (QED) is 0.721. The average Bonchev–Trinajstić information content (AvgIpc) is 2.49. The van der Waals surface area contributed by atoms with E-state index in [9.17, 15) is 0 Å². The van der Waals surface area contributed by atoms with Gasteiger partial charge in [0.1, 0.15) is 11.9 Å². The van der Waals surface area contributed by atoms with Crippen molar-refractivity contribution in [3.05, 3.63) is 64.1 Å². The first kappa shape index (κ1) is 16.1. The Morgan fingerprint density at radius 2 is 1.90 bits per heavy atom. The summed E-state index contributed by atoms with van der Waals surface area (Å²) in [6.07, 6.45) is 1.13. The summed E-state index contributed by atoms with van der Waals surface area (Å²) in [6, 6.07) is 16.5. The maximum atomic E-state index is 6.22. The van der Waals surface area contributed by atoms with E-state index in [2.05, 4.69) is 71.5 Å². The minimum absolute atomic E-state index is 0.0109. The van der Waals surface area contributed by atoms with Gasteiger partial charge in [-0.2, -0.15) is 0 Å². The zero-order chi connectivity index (χ0) is 15.1. The number of rotatable bonds is 7. The molecule has 0 radical (unpaired) electrons. The van der Waals surface area contributed by atoms with Crippen LogP contribution in [0.15, 0.2) is 53.0 Å². The van der Waals surface area contributed by atoms with Gasteiger partial charge in [0, 0.05) is 6.54 Å². The van der Waals surface area contributed by atoms with Crippen molar-refractivity contribution >= 4 is 15.9 Å². The molecule has 3 heteroatoms.